The number of aromatic nitrogens is 6. The van der Waals surface area contributed by atoms with Crippen molar-refractivity contribution in [1.29, 1.82) is 0 Å². The van der Waals surface area contributed by atoms with Gasteiger partial charge in [0, 0.05) is 36.1 Å². The highest BCUT2D eigenvalue weighted by atomic mass is 19.4. The number of ether oxygens (including phenoxy) is 2. The minimum atomic E-state index is -4.50. The predicted octanol–water partition coefficient (Wildman–Crippen LogP) is 2.99. The summed E-state index contributed by atoms with van der Waals surface area (Å²) in [6, 6.07) is 4.95. The second-order valence-electron chi connectivity index (χ2n) is 8.78. The molecule has 206 valence electrons. The Balaban J connectivity index is 1.75. The maximum atomic E-state index is 13.0. The van der Waals surface area contributed by atoms with Crippen molar-refractivity contribution in [2.45, 2.75) is 32.2 Å². The van der Waals surface area contributed by atoms with E-state index in [0.717, 1.165) is 0 Å². The average Bonchev–Trinajstić information content (AvgIpc) is 3.23. The van der Waals surface area contributed by atoms with Crippen LogP contribution in [0.5, 0.6) is 11.5 Å². The van der Waals surface area contributed by atoms with Crippen molar-refractivity contribution in [3.8, 4) is 45.4 Å². The summed E-state index contributed by atoms with van der Waals surface area (Å²) in [6.07, 6.45) is -3.23. The van der Waals surface area contributed by atoms with E-state index in [9.17, 15) is 23.1 Å². The summed E-state index contributed by atoms with van der Waals surface area (Å²) >= 11 is 0. The fraction of sp³-hybridized carbons (Fsp3) is 0.320. The Morgan fingerprint density at radius 2 is 1.69 bits per heavy atom. The Labute approximate surface area is 220 Å². The molecule has 3 heterocycles. The monoisotopic (exact) mass is 545 g/mol. The molecule has 0 saturated carbocycles. The number of aliphatic hydroxyl groups is 1. The van der Waals surface area contributed by atoms with Crippen LogP contribution in [-0.2, 0) is 13.6 Å². The van der Waals surface area contributed by atoms with Crippen molar-refractivity contribution in [2.24, 2.45) is 7.05 Å². The molecule has 0 spiro atoms. The number of nitrogen functional groups attached to an aromatic ring is 1. The zero-order chi connectivity index (χ0) is 28.5. The SMILES string of the molecule is COc1cc(OC)cc(-c2nc(-c3nc(-c4cnn(C[C@@H](O)CC(F)(F)F)c4C)cnc3N)cn(C)c2=O)c1. The molecule has 0 fully saturated rings. The summed E-state index contributed by atoms with van der Waals surface area (Å²) in [4.78, 5) is 26.3. The quantitative estimate of drug-likeness (QED) is 0.342. The van der Waals surface area contributed by atoms with E-state index in [2.05, 4.69) is 20.1 Å². The Hall–Kier alpha value is -4.46. The summed E-state index contributed by atoms with van der Waals surface area (Å²) in [5, 5.41) is 13.9. The zero-order valence-electron chi connectivity index (χ0n) is 21.5. The molecule has 0 aliphatic heterocycles. The van der Waals surface area contributed by atoms with Crippen LogP contribution in [0.25, 0.3) is 33.9 Å². The van der Waals surface area contributed by atoms with Gasteiger partial charge in [-0.15, -0.1) is 0 Å². The van der Waals surface area contributed by atoms with Gasteiger partial charge < -0.3 is 24.9 Å². The first-order valence-corrected chi connectivity index (χ1v) is 11.6. The lowest BCUT2D eigenvalue weighted by Crippen LogP contribution is -2.24. The van der Waals surface area contributed by atoms with E-state index in [1.807, 2.05) is 0 Å². The number of hydrogen-bond donors (Lipinski definition) is 2. The summed E-state index contributed by atoms with van der Waals surface area (Å²) < 4.78 is 51.1. The third-order valence-corrected chi connectivity index (χ3v) is 5.97. The van der Waals surface area contributed by atoms with Crippen LogP contribution in [0.4, 0.5) is 19.0 Å². The van der Waals surface area contributed by atoms with Crippen molar-refractivity contribution in [3.05, 3.63) is 52.8 Å². The predicted molar refractivity (Wildman–Crippen MR) is 136 cm³/mol. The van der Waals surface area contributed by atoms with Crippen molar-refractivity contribution < 1.29 is 27.8 Å². The molecule has 3 aromatic heterocycles. The Kier molecular flexibility index (Phi) is 7.58. The Morgan fingerprint density at radius 3 is 2.31 bits per heavy atom. The molecule has 4 rings (SSSR count). The summed E-state index contributed by atoms with van der Waals surface area (Å²) in [6.45, 7) is 1.29. The van der Waals surface area contributed by atoms with Gasteiger partial charge >= 0.3 is 6.18 Å². The van der Waals surface area contributed by atoms with Gasteiger partial charge in [0.15, 0.2) is 5.82 Å². The highest BCUT2D eigenvalue weighted by Crippen LogP contribution is 2.30. The topological polar surface area (TPSA) is 143 Å². The van der Waals surface area contributed by atoms with Gasteiger partial charge in [0.1, 0.15) is 28.6 Å². The van der Waals surface area contributed by atoms with Crippen molar-refractivity contribution in [1.82, 2.24) is 29.3 Å². The fourth-order valence-corrected chi connectivity index (χ4v) is 3.98. The van der Waals surface area contributed by atoms with Gasteiger partial charge in [-0.3, -0.25) is 9.48 Å². The number of nitrogens with zero attached hydrogens (tertiary/aromatic N) is 6. The van der Waals surface area contributed by atoms with E-state index in [1.165, 1.54) is 42.1 Å². The number of nitrogens with two attached hydrogens (primary N) is 1. The maximum absolute atomic E-state index is 13.0. The number of aryl methyl sites for hydroxylation is 1. The second-order valence-corrected chi connectivity index (χ2v) is 8.78. The minimum absolute atomic E-state index is 0.0460. The number of alkyl halides is 3. The molecule has 11 nitrogen and oxygen atoms in total. The van der Waals surface area contributed by atoms with Gasteiger partial charge in [0.05, 0.1) is 51.4 Å². The summed E-state index contributed by atoms with van der Waals surface area (Å²) in [5.74, 6) is 0.977. The number of benzene rings is 1. The van der Waals surface area contributed by atoms with Crippen molar-refractivity contribution >= 4 is 5.82 Å². The van der Waals surface area contributed by atoms with Gasteiger partial charge in [-0.2, -0.15) is 18.3 Å². The molecule has 0 aliphatic rings. The van der Waals surface area contributed by atoms with Crippen LogP contribution >= 0.6 is 0 Å². The first-order chi connectivity index (χ1) is 18.4. The van der Waals surface area contributed by atoms with Crippen LogP contribution in [0.1, 0.15) is 12.1 Å². The number of rotatable bonds is 8. The molecule has 1 atom stereocenters. The molecule has 0 unspecified atom stereocenters. The lowest BCUT2D eigenvalue weighted by Gasteiger charge is -2.14. The minimum Gasteiger partial charge on any atom is -0.497 e. The largest absolute Gasteiger partial charge is 0.497 e. The number of hydrogen-bond acceptors (Lipinski definition) is 9. The highest BCUT2D eigenvalue weighted by molar-refractivity contribution is 5.73. The van der Waals surface area contributed by atoms with Crippen LogP contribution in [0.15, 0.2) is 41.6 Å². The third kappa shape index (κ3) is 6.00. The van der Waals surface area contributed by atoms with E-state index in [4.69, 9.17) is 15.2 Å². The van der Waals surface area contributed by atoms with E-state index in [-0.39, 0.29) is 35.0 Å². The van der Waals surface area contributed by atoms with Gasteiger partial charge in [0.25, 0.3) is 5.56 Å². The molecular weight excluding hydrogens is 519 g/mol. The Bertz CT molecular complexity index is 1540. The second kappa shape index (κ2) is 10.7. The highest BCUT2D eigenvalue weighted by Gasteiger charge is 2.31. The standard InChI is InChI=1S/C25H26F3N7O4/c1-13-18(9-31-35(13)11-15(36)8-25(26,27)28)19-10-30-23(29)22(32-19)20-12-34(2)24(37)21(33-20)14-5-16(38-3)7-17(6-14)39-4/h5-7,9-10,12,15,36H,8,11H2,1-4H3,(H2,29,30)/t15-/m0/s1. The summed E-state index contributed by atoms with van der Waals surface area (Å²) in [5.41, 5.74) is 8.02. The molecule has 0 amide bonds. The third-order valence-electron chi connectivity index (χ3n) is 5.97. The smallest absolute Gasteiger partial charge is 0.391 e. The van der Waals surface area contributed by atoms with E-state index in [1.54, 1.807) is 32.2 Å². The van der Waals surface area contributed by atoms with Crippen molar-refractivity contribution in [2.75, 3.05) is 20.0 Å². The van der Waals surface area contributed by atoms with Crippen molar-refractivity contribution in [3.63, 3.8) is 0 Å². The first-order valence-electron chi connectivity index (χ1n) is 11.6. The molecule has 1 aromatic carbocycles. The number of halogens is 3. The Morgan fingerprint density at radius 1 is 1.05 bits per heavy atom. The zero-order valence-corrected chi connectivity index (χ0v) is 21.5. The van der Waals surface area contributed by atoms with E-state index in [0.29, 0.717) is 34.0 Å². The number of aliphatic hydroxyl groups excluding tert-OH is 1. The van der Waals surface area contributed by atoms with E-state index < -0.39 is 18.7 Å². The lowest BCUT2D eigenvalue weighted by molar-refractivity contribution is -0.154. The molecule has 0 saturated heterocycles. The summed E-state index contributed by atoms with van der Waals surface area (Å²) in [7, 11) is 4.54. The van der Waals surface area contributed by atoms with Crippen LogP contribution in [0, 0.1) is 6.92 Å². The molecule has 39 heavy (non-hydrogen) atoms. The van der Waals surface area contributed by atoms with Crippen LogP contribution in [0.2, 0.25) is 0 Å². The number of anilines is 1. The van der Waals surface area contributed by atoms with Crippen LogP contribution < -0.4 is 20.8 Å². The van der Waals surface area contributed by atoms with Crippen LogP contribution in [-0.4, -0.2) is 60.9 Å². The molecule has 0 bridgehead atoms. The van der Waals surface area contributed by atoms with Crippen LogP contribution in [0.3, 0.4) is 0 Å². The van der Waals surface area contributed by atoms with Gasteiger partial charge in [-0.1, -0.05) is 0 Å². The maximum Gasteiger partial charge on any atom is 0.391 e. The first kappa shape index (κ1) is 27.6. The van der Waals surface area contributed by atoms with Gasteiger partial charge in [0.2, 0.25) is 0 Å². The molecule has 0 radical (unpaired) electrons. The molecular formula is C25H26F3N7O4. The number of methoxy groups -OCH3 is 2. The lowest BCUT2D eigenvalue weighted by atomic mass is 10.1. The molecule has 14 heteroatoms. The fourth-order valence-electron chi connectivity index (χ4n) is 3.98. The molecule has 0 aliphatic carbocycles. The molecule has 3 N–H and O–H groups in total. The van der Waals surface area contributed by atoms with Gasteiger partial charge in [-0.05, 0) is 19.1 Å². The van der Waals surface area contributed by atoms with E-state index >= 15 is 0 Å². The average molecular weight is 546 g/mol. The normalized spacial score (nSPS) is 12.4. The van der Waals surface area contributed by atoms with Gasteiger partial charge in [-0.25, -0.2) is 15.0 Å². The molecule has 4 aromatic rings.